The zero-order valence-electron chi connectivity index (χ0n) is 17.1. The number of likely N-dealkylation sites (tertiary alicyclic amines) is 1. The van der Waals surface area contributed by atoms with Crippen LogP contribution in [-0.4, -0.2) is 70.0 Å². The Hall–Kier alpha value is -2.09. The molecule has 0 saturated carbocycles. The maximum atomic E-state index is 14.7. The van der Waals surface area contributed by atoms with Crippen LogP contribution in [0.15, 0.2) is 23.4 Å². The van der Waals surface area contributed by atoms with Gasteiger partial charge in [0.15, 0.2) is 17.1 Å². The summed E-state index contributed by atoms with van der Waals surface area (Å²) < 4.78 is 61.0. The van der Waals surface area contributed by atoms with Crippen LogP contribution in [0.4, 0.5) is 17.6 Å². The van der Waals surface area contributed by atoms with Gasteiger partial charge in [0.25, 0.3) is 0 Å². The molecule has 0 aromatic carbocycles. The van der Waals surface area contributed by atoms with Crippen LogP contribution in [-0.2, 0) is 23.1 Å². The molecule has 0 amide bonds. The number of thioether (sulfide) groups is 1. The second kappa shape index (κ2) is 8.69. The fourth-order valence-electron chi connectivity index (χ4n) is 3.41. The van der Waals surface area contributed by atoms with E-state index in [1.54, 1.807) is 12.1 Å². The number of carbonyl (C=O) groups excluding carboxylic acids is 1. The quantitative estimate of drug-likeness (QED) is 0.207. The first kappa shape index (κ1) is 23.1. The second-order valence-corrected chi connectivity index (χ2v) is 9.51. The number of hydrogen-bond donors (Lipinski definition) is 0. The topological polar surface area (TPSA) is 73.1 Å². The summed E-state index contributed by atoms with van der Waals surface area (Å²) in [6, 6.07) is 3.15. The molecule has 4 rings (SSSR count). The van der Waals surface area contributed by atoms with Crippen molar-refractivity contribution in [3.8, 4) is 0 Å². The fraction of sp³-hybridized carbons (Fsp3) is 0.474. The molecule has 1 fully saturated rings. The first-order valence-electron chi connectivity index (χ1n) is 9.54. The first-order valence-corrected chi connectivity index (χ1v) is 11.3. The molecule has 1 aliphatic heterocycles. The molecule has 0 atom stereocenters. The molecule has 3 aromatic heterocycles. The largest absolute Gasteiger partial charge is 0.451 e. The molecule has 3 aromatic rings. The van der Waals surface area contributed by atoms with E-state index in [1.165, 1.54) is 18.0 Å². The van der Waals surface area contributed by atoms with Crippen molar-refractivity contribution in [2.24, 2.45) is 0 Å². The number of aromatic nitrogens is 4. The molecule has 32 heavy (non-hydrogen) atoms. The van der Waals surface area contributed by atoms with E-state index in [9.17, 15) is 22.4 Å². The Kier molecular flexibility index (Phi) is 6.27. The third kappa shape index (κ3) is 4.51. The first-order chi connectivity index (χ1) is 15.1. The average molecular weight is 490 g/mol. The van der Waals surface area contributed by atoms with E-state index in [0.717, 1.165) is 23.1 Å². The predicted octanol–water partition coefficient (Wildman–Crippen LogP) is 3.64. The van der Waals surface area contributed by atoms with Gasteiger partial charge in [0.05, 0.1) is 35.4 Å². The number of halogens is 4. The number of methoxy groups -OCH3 is 1. The van der Waals surface area contributed by atoms with E-state index < -0.39 is 17.7 Å². The normalized spacial score (nSPS) is 16.4. The molecule has 0 N–H and O–H groups in total. The zero-order valence-corrected chi connectivity index (χ0v) is 18.8. The molecular formula is C19H19F4N5O2S2. The van der Waals surface area contributed by atoms with E-state index in [1.807, 2.05) is 11.9 Å². The SMILES string of the molecule is COCCn1ncc2c(SCC(=O)c3ccc(C4(F)CN(C)C4)s3)nc(C(F)(F)F)nc21. The number of thiophene rings is 1. The second-order valence-electron chi connectivity index (χ2n) is 7.46. The number of fused-ring (bicyclic) bond motifs is 1. The molecule has 0 aliphatic carbocycles. The predicted molar refractivity (Wildman–Crippen MR) is 112 cm³/mol. The van der Waals surface area contributed by atoms with E-state index in [0.29, 0.717) is 15.1 Å². The summed E-state index contributed by atoms with van der Waals surface area (Å²) in [6.45, 7) is 0.995. The minimum absolute atomic E-state index is 0.0127. The lowest BCUT2D eigenvalue weighted by Gasteiger charge is -2.41. The molecule has 0 bridgehead atoms. The smallest absolute Gasteiger partial charge is 0.383 e. The lowest BCUT2D eigenvalue weighted by atomic mass is 9.95. The van der Waals surface area contributed by atoms with Crippen LogP contribution in [0.3, 0.4) is 0 Å². The Morgan fingerprint density at radius 3 is 2.72 bits per heavy atom. The van der Waals surface area contributed by atoms with Crippen LogP contribution in [0.5, 0.6) is 0 Å². The number of rotatable bonds is 8. The summed E-state index contributed by atoms with van der Waals surface area (Å²) >= 11 is 1.95. The molecular weight excluding hydrogens is 470 g/mol. The highest BCUT2D eigenvalue weighted by atomic mass is 32.2. The molecule has 13 heteroatoms. The van der Waals surface area contributed by atoms with E-state index in [-0.39, 0.29) is 48.5 Å². The maximum absolute atomic E-state index is 14.7. The Labute approximate surface area is 188 Å². The van der Waals surface area contributed by atoms with Crippen LogP contribution in [0, 0.1) is 0 Å². The summed E-state index contributed by atoms with van der Waals surface area (Å²) in [7, 11) is 3.28. The van der Waals surface area contributed by atoms with Crippen molar-refractivity contribution in [3.05, 3.63) is 33.9 Å². The van der Waals surface area contributed by atoms with Crippen molar-refractivity contribution in [2.45, 2.75) is 23.4 Å². The van der Waals surface area contributed by atoms with Crippen LogP contribution in [0.25, 0.3) is 11.0 Å². The summed E-state index contributed by atoms with van der Waals surface area (Å²) in [6.07, 6.45) is -3.38. The average Bonchev–Trinajstić information content (AvgIpc) is 3.36. The molecule has 0 radical (unpaired) electrons. The van der Waals surface area contributed by atoms with Crippen molar-refractivity contribution < 1.29 is 27.1 Å². The van der Waals surface area contributed by atoms with Gasteiger partial charge in [-0.3, -0.25) is 9.69 Å². The molecule has 7 nitrogen and oxygen atoms in total. The Morgan fingerprint density at radius 1 is 1.31 bits per heavy atom. The Morgan fingerprint density at radius 2 is 2.06 bits per heavy atom. The fourth-order valence-corrected chi connectivity index (χ4v) is 5.38. The van der Waals surface area contributed by atoms with Gasteiger partial charge in [-0.15, -0.1) is 11.3 Å². The number of nitrogens with zero attached hydrogens (tertiary/aromatic N) is 5. The summed E-state index contributed by atoms with van der Waals surface area (Å²) in [5.41, 5.74) is -1.44. The number of carbonyl (C=O) groups is 1. The highest BCUT2D eigenvalue weighted by molar-refractivity contribution is 8.00. The lowest BCUT2D eigenvalue weighted by molar-refractivity contribution is -0.145. The number of Topliss-reactive ketones (excluding diaryl/α,β-unsaturated/α-hetero) is 1. The monoisotopic (exact) mass is 489 g/mol. The van der Waals surface area contributed by atoms with Gasteiger partial charge < -0.3 is 4.74 Å². The van der Waals surface area contributed by atoms with Crippen molar-refractivity contribution >= 4 is 39.9 Å². The summed E-state index contributed by atoms with van der Waals surface area (Å²) in [5, 5.41) is 4.41. The zero-order chi connectivity index (χ0) is 23.1. The van der Waals surface area contributed by atoms with Gasteiger partial charge in [-0.1, -0.05) is 11.8 Å². The molecule has 4 heterocycles. The number of alkyl halides is 4. The number of hydrogen-bond acceptors (Lipinski definition) is 8. The van der Waals surface area contributed by atoms with Gasteiger partial charge in [-0.25, -0.2) is 19.0 Å². The van der Waals surface area contributed by atoms with Gasteiger partial charge in [-0.05, 0) is 19.2 Å². The van der Waals surface area contributed by atoms with E-state index >= 15 is 0 Å². The van der Waals surface area contributed by atoms with Crippen molar-refractivity contribution in [1.82, 2.24) is 24.6 Å². The molecule has 0 spiro atoms. The van der Waals surface area contributed by atoms with Crippen molar-refractivity contribution in [3.63, 3.8) is 0 Å². The Bertz CT molecular complexity index is 1140. The minimum atomic E-state index is -4.75. The van der Waals surface area contributed by atoms with Crippen molar-refractivity contribution in [1.29, 1.82) is 0 Å². The molecule has 172 valence electrons. The molecule has 0 unspecified atom stereocenters. The summed E-state index contributed by atoms with van der Waals surface area (Å²) in [5.74, 6) is -1.76. The van der Waals surface area contributed by atoms with Gasteiger partial charge in [0.1, 0.15) is 5.03 Å². The van der Waals surface area contributed by atoms with Crippen LogP contribution in [0.2, 0.25) is 0 Å². The van der Waals surface area contributed by atoms with Gasteiger partial charge in [0.2, 0.25) is 5.82 Å². The lowest BCUT2D eigenvalue weighted by Crippen LogP contribution is -2.54. The van der Waals surface area contributed by atoms with Gasteiger partial charge in [-0.2, -0.15) is 18.3 Å². The van der Waals surface area contributed by atoms with Crippen LogP contribution >= 0.6 is 23.1 Å². The third-order valence-corrected chi connectivity index (χ3v) is 7.22. The van der Waals surface area contributed by atoms with E-state index in [2.05, 4.69) is 15.1 Å². The highest BCUT2D eigenvalue weighted by Crippen LogP contribution is 2.39. The van der Waals surface area contributed by atoms with Crippen molar-refractivity contribution in [2.75, 3.05) is 39.6 Å². The van der Waals surface area contributed by atoms with Crippen LogP contribution < -0.4 is 0 Å². The highest BCUT2D eigenvalue weighted by Gasteiger charge is 2.44. The van der Waals surface area contributed by atoms with Gasteiger partial charge >= 0.3 is 6.18 Å². The van der Waals surface area contributed by atoms with Crippen LogP contribution in [0.1, 0.15) is 20.4 Å². The van der Waals surface area contributed by atoms with Gasteiger partial charge in [0, 0.05) is 25.1 Å². The molecule has 1 aliphatic rings. The standard InChI is InChI=1S/C19H19F4N5O2S2/c1-27-9-18(20,10-27)14-4-3-13(32-14)12(29)8-31-16-11-7-24-28(5-6-30-2)15(11)25-17(26-16)19(21,22)23/h3-4,7H,5-6,8-10H2,1-2H3. The van der Waals surface area contributed by atoms with E-state index in [4.69, 9.17) is 4.74 Å². The minimum Gasteiger partial charge on any atom is -0.383 e. The number of likely N-dealkylation sites (N-methyl/N-ethyl adjacent to an activating group) is 1. The number of ether oxygens (including phenoxy) is 1. The third-order valence-electron chi connectivity index (χ3n) is 4.93. The maximum Gasteiger partial charge on any atom is 0.451 e. The number of ketones is 1. The Balaban J connectivity index is 1.55. The molecule has 1 saturated heterocycles. The summed E-state index contributed by atoms with van der Waals surface area (Å²) in [4.78, 5) is 22.6.